The number of halogens is 1. The molecule has 0 aliphatic carbocycles. The monoisotopic (exact) mass is 405 g/mol. The molecule has 1 aromatic carbocycles. The molecule has 5 nitrogen and oxygen atoms in total. The maximum atomic E-state index is 6.44. The van der Waals surface area contributed by atoms with E-state index in [-0.39, 0.29) is 0 Å². The number of hydrogen-bond donors (Lipinski definition) is 1. The van der Waals surface area contributed by atoms with Gasteiger partial charge < -0.3 is 5.43 Å². The van der Waals surface area contributed by atoms with Crippen molar-refractivity contribution in [2.24, 2.45) is 0 Å². The summed E-state index contributed by atoms with van der Waals surface area (Å²) in [4.78, 5) is 11.0. The molecule has 3 heterocycles. The van der Waals surface area contributed by atoms with Gasteiger partial charge in [-0.25, -0.2) is 0 Å². The first-order valence-electron chi connectivity index (χ1n) is 9.66. The lowest BCUT2D eigenvalue weighted by Gasteiger charge is -2.22. The molecule has 148 valence electrons. The SMILES string of the molecule is CN(CC1=C(Cc2cccnc2)NN(c2ccccc2Cl)C1)Cc1ccccn1. The van der Waals surface area contributed by atoms with E-state index < -0.39 is 0 Å². The van der Waals surface area contributed by atoms with Crippen molar-refractivity contribution in [3.8, 4) is 0 Å². The van der Waals surface area contributed by atoms with Crippen molar-refractivity contribution in [3.05, 3.63) is 101 Å². The Morgan fingerprint density at radius 1 is 1.03 bits per heavy atom. The van der Waals surface area contributed by atoms with Crippen molar-refractivity contribution in [1.82, 2.24) is 20.3 Å². The van der Waals surface area contributed by atoms with Gasteiger partial charge in [-0.2, -0.15) is 0 Å². The van der Waals surface area contributed by atoms with Crippen molar-refractivity contribution < 1.29 is 0 Å². The summed E-state index contributed by atoms with van der Waals surface area (Å²) in [5.41, 5.74) is 9.35. The highest BCUT2D eigenvalue weighted by Crippen LogP contribution is 2.29. The largest absolute Gasteiger partial charge is 0.302 e. The minimum Gasteiger partial charge on any atom is -0.302 e. The predicted molar refractivity (Wildman–Crippen MR) is 117 cm³/mol. The number of anilines is 1. The Labute approximate surface area is 176 Å². The molecule has 4 rings (SSSR count). The van der Waals surface area contributed by atoms with Crippen molar-refractivity contribution in [2.45, 2.75) is 13.0 Å². The third kappa shape index (κ3) is 4.94. The lowest BCUT2D eigenvalue weighted by Crippen LogP contribution is -2.33. The van der Waals surface area contributed by atoms with Crippen LogP contribution in [0.25, 0.3) is 0 Å². The Hall–Kier alpha value is -2.89. The summed E-state index contributed by atoms with van der Waals surface area (Å²) < 4.78 is 0. The van der Waals surface area contributed by atoms with Crippen LogP contribution in [0.1, 0.15) is 11.3 Å². The number of benzene rings is 1. The predicted octanol–water partition coefficient (Wildman–Crippen LogP) is 4.08. The summed E-state index contributed by atoms with van der Waals surface area (Å²) >= 11 is 6.44. The van der Waals surface area contributed by atoms with Crippen LogP contribution in [0, 0.1) is 0 Å². The Kier molecular flexibility index (Phi) is 6.08. The zero-order valence-corrected chi connectivity index (χ0v) is 17.2. The molecule has 0 amide bonds. The first kappa shape index (κ1) is 19.4. The highest BCUT2D eigenvalue weighted by atomic mass is 35.5. The normalized spacial score (nSPS) is 13.8. The molecule has 0 radical (unpaired) electrons. The molecular formula is C23H24ClN5. The van der Waals surface area contributed by atoms with Crippen molar-refractivity contribution in [3.63, 3.8) is 0 Å². The van der Waals surface area contributed by atoms with Crippen LogP contribution in [-0.2, 0) is 13.0 Å². The van der Waals surface area contributed by atoms with E-state index in [2.05, 4.69) is 44.5 Å². The second-order valence-corrected chi connectivity index (χ2v) is 7.67. The van der Waals surface area contributed by atoms with Gasteiger partial charge in [0.2, 0.25) is 0 Å². The van der Waals surface area contributed by atoms with Crippen molar-refractivity contribution in [2.75, 3.05) is 25.1 Å². The molecule has 2 aromatic heterocycles. The van der Waals surface area contributed by atoms with Gasteiger partial charge in [0.15, 0.2) is 0 Å². The highest BCUT2D eigenvalue weighted by molar-refractivity contribution is 6.33. The van der Waals surface area contributed by atoms with Crippen LogP contribution in [0.4, 0.5) is 5.69 Å². The Balaban J connectivity index is 1.53. The average molecular weight is 406 g/mol. The Morgan fingerprint density at radius 3 is 2.66 bits per heavy atom. The molecular weight excluding hydrogens is 382 g/mol. The van der Waals surface area contributed by atoms with Gasteiger partial charge in [0.25, 0.3) is 0 Å². The number of likely N-dealkylation sites (N-methyl/N-ethyl adjacent to an activating group) is 1. The molecule has 0 fully saturated rings. The van der Waals surface area contributed by atoms with Crippen molar-refractivity contribution in [1.29, 1.82) is 0 Å². The maximum absolute atomic E-state index is 6.44. The molecule has 3 aromatic rings. The molecule has 1 N–H and O–H groups in total. The number of aromatic nitrogens is 2. The van der Waals surface area contributed by atoms with E-state index in [1.54, 1.807) is 6.20 Å². The van der Waals surface area contributed by atoms with Gasteiger partial charge in [-0.05, 0) is 48.5 Å². The molecule has 0 unspecified atom stereocenters. The third-order valence-electron chi connectivity index (χ3n) is 4.91. The number of nitrogens with zero attached hydrogens (tertiary/aromatic N) is 4. The average Bonchev–Trinajstić information content (AvgIpc) is 3.11. The topological polar surface area (TPSA) is 44.3 Å². The third-order valence-corrected chi connectivity index (χ3v) is 5.23. The van der Waals surface area contributed by atoms with Crippen LogP contribution in [0.15, 0.2) is 84.5 Å². The minimum atomic E-state index is 0.740. The summed E-state index contributed by atoms with van der Waals surface area (Å²) in [5.74, 6) is 0. The number of para-hydroxylation sites is 1. The molecule has 0 saturated carbocycles. The molecule has 0 saturated heterocycles. The molecule has 1 aliphatic rings. The van der Waals surface area contributed by atoms with E-state index in [9.17, 15) is 0 Å². The van der Waals surface area contributed by atoms with E-state index in [0.717, 1.165) is 42.5 Å². The summed E-state index contributed by atoms with van der Waals surface area (Å²) in [6.45, 7) is 2.43. The van der Waals surface area contributed by atoms with Crippen LogP contribution in [0.5, 0.6) is 0 Å². The van der Waals surface area contributed by atoms with Gasteiger partial charge in [0.1, 0.15) is 0 Å². The number of nitrogens with one attached hydrogen (secondary N) is 1. The van der Waals surface area contributed by atoms with E-state index in [4.69, 9.17) is 11.6 Å². The first-order chi connectivity index (χ1) is 14.2. The second kappa shape index (κ2) is 9.07. The standard InChI is InChI=1S/C23H24ClN5/c1-28(17-20-8-4-5-12-26-20)15-19-16-29(23-10-3-2-9-21(23)24)27-22(19)13-18-7-6-11-25-14-18/h2-12,14,27H,13,15-17H2,1H3. The summed E-state index contributed by atoms with van der Waals surface area (Å²) in [7, 11) is 2.13. The van der Waals surface area contributed by atoms with Gasteiger partial charge in [0, 0.05) is 43.8 Å². The molecule has 0 bridgehead atoms. The van der Waals surface area contributed by atoms with E-state index >= 15 is 0 Å². The zero-order valence-electron chi connectivity index (χ0n) is 16.4. The number of hydrogen-bond acceptors (Lipinski definition) is 5. The number of hydrazine groups is 1. The molecule has 0 atom stereocenters. The number of rotatable bonds is 7. The quantitative estimate of drug-likeness (QED) is 0.641. The molecule has 1 aliphatic heterocycles. The number of allylic oxidation sites excluding steroid dienone is 1. The fourth-order valence-electron chi connectivity index (χ4n) is 3.55. The van der Waals surface area contributed by atoms with Gasteiger partial charge in [0.05, 0.1) is 22.9 Å². The van der Waals surface area contributed by atoms with Crippen LogP contribution in [-0.4, -0.2) is 35.0 Å². The zero-order chi connectivity index (χ0) is 20.1. The van der Waals surface area contributed by atoms with Gasteiger partial charge in [-0.3, -0.25) is 19.9 Å². The van der Waals surface area contributed by atoms with E-state index in [1.807, 2.05) is 54.9 Å². The smallest absolute Gasteiger partial charge is 0.0761 e. The van der Waals surface area contributed by atoms with Gasteiger partial charge >= 0.3 is 0 Å². The van der Waals surface area contributed by atoms with Crippen LogP contribution < -0.4 is 10.4 Å². The van der Waals surface area contributed by atoms with E-state index in [0.29, 0.717) is 0 Å². The van der Waals surface area contributed by atoms with Crippen LogP contribution >= 0.6 is 11.6 Å². The maximum Gasteiger partial charge on any atom is 0.0761 e. The lowest BCUT2D eigenvalue weighted by atomic mass is 10.1. The summed E-state index contributed by atoms with van der Waals surface area (Å²) in [6.07, 6.45) is 6.37. The summed E-state index contributed by atoms with van der Waals surface area (Å²) in [6, 6.07) is 18.0. The van der Waals surface area contributed by atoms with Crippen molar-refractivity contribution >= 4 is 17.3 Å². The Bertz CT molecular complexity index is 975. The molecule has 29 heavy (non-hydrogen) atoms. The van der Waals surface area contributed by atoms with Crippen LogP contribution in [0.3, 0.4) is 0 Å². The minimum absolute atomic E-state index is 0.740. The second-order valence-electron chi connectivity index (χ2n) is 7.26. The summed E-state index contributed by atoms with van der Waals surface area (Å²) in [5, 5.41) is 2.86. The van der Waals surface area contributed by atoms with Gasteiger partial charge in [-0.1, -0.05) is 35.9 Å². The fourth-order valence-corrected chi connectivity index (χ4v) is 3.79. The molecule has 6 heteroatoms. The number of pyridine rings is 2. The first-order valence-corrected chi connectivity index (χ1v) is 10.0. The van der Waals surface area contributed by atoms with Crippen LogP contribution in [0.2, 0.25) is 5.02 Å². The molecule has 0 spiro atoms. The highest BCUT2D eigenvalue weighted by Gasteiger charge is 2.24. The lowest BCUT2D eigenvalue weighted by molar-refractivity contribution is 0.349. The van der Waals surface area contributed by atoms with Gasteiger partial charge in [-0.15, -0.1) is 0 Å². The van der Waals surface area contributed by atoms with E-state index in [1.165, 1.54) is 16.8 Å². The fraction of sp³-hybridized carbons (Fsp3) is 0.217. The Morgan fingerprint density at radius 2 is 1.90 bits per heavy atom.